The summed E-state index contributed by atoms with van der Waals surface area (Å²) in [6, 6.07) is 4.42. The van der Waals surface area contributed by atoms with Gasteiger partial charge in [-0.3, -0.25) is 38.5 Å². The van der Waals surface area contributed by atoms with Crippen LogP contribution in [0, 0.1) is 29.6 Å². The van der Waals surface area contributed by atoms with E-state index >= 15 is 0 Å². The number of anilines is 1. The van der Waals surface area contributed by atoms with E-state index in [1.54, 1.807) is 65.9 Å². The summed E-state index contributed by atoms with van der Waals surface area (Å²) in [7, 11) is 1.79. The molecule has 0 aliphatic heterocycles. The van der Waals surface area contributed by atoms with Crippen molar-refractivity contribution in [2.45, 2.75) is 126 Å². The summed E-state index contributed by atoms with van der Waals surface area (Å²) in [5.41, 5.74) is 1.21. The summed E-state index contributed by atoms with van der Waals surface area (Å²) in [5, 5.41) is 8.61. The number of ketones is 3. The molecule has 63 heavy (non-hydrogen) atoms. The fraction of sp³-hybridized carbons (Fsp3) is 0.723. The molecule has 0 aliphatic carbocycles. The molecule has 1 aromatic carbocycles. The van der Waals surface area contributed by atoms with Gasteiger partial charge in [0.05, 0.1) is 70.9 Å². The number of esters is 1. The zero-order valence-electron chi connectivity index (χ0n) is 39.9. The second-order valence-corrected chi connectivity index (χ2v) is 17.3. The number of nitrogens with one attached hydrogen (secondary N) is 3. The minimum Gasteiger partial charge on any atom is -0.461 e. The molecule has 0 aromatic heterocycles. The predicted octanol–water partition coefficient (Wildman–Crippen LogP) is 4.94. The average Bonchev–Trinajstić information content (AvgIpc) is 3.22. The highest BCUT2D eigenvalue weighted by atomic mass is 16.5. The second kappa shape index (κ2) is 31.7. The molecule has 4 atom stereocenters. The highest BCUT2D eigenvalue weighted by Gasteiger charge is 2.33. The second-order valence-electron chi connectivity index (χ2n) is 17.3. The average molecular weight is 891 g/mol. The SMILES string of the molecule is CC(C)C(=O)CCOCCOCCC(=O)N[C@@H](CCC(C)[C@@H](C(=O)N[C@@H](C)C(=O)C(C)C)N(C)CCOCCOCCC(=O)C(C)C)C(=O)Nc1ccc(COC(=O)C(C)C)cc1. The minimum absolute atomic E-state index is 0.0222. The number of nitrogens with zero attached hydrogens (tertiary/aromatic N) is 1. The van der Waals surface area contributed by atoms with Crippen molar-refractivity contribution in [1.82, 2.24) is 15.5 Å². The first kappa shape index (κ1) is 56.9. The Bertz CT molecular complexity index is 1550. The summed E-state index contributed by atoms with van der Waals surface area (Å²) in [5.74, 6) is -2.36. The van der Waals surface area contributed by atoms with Crippen molar-refractivity contribution in [3.63, 3.8) is 0 Å². The number of Topliss-reactive ketones (excluding diaryl/α,β-unsaturated/α-hetero) is 3. The minimum atomic E-state index is -0.983. The molecule has 1 aromatic rings. The largest absolute Gasteiger partial charge is 0.461 e. The van der Waals surface area contributed by atoms with Gasteiger partial charge in [-0.2, -0.15) is 0 Å². The van der Waals surface area contributed by atoms with E-state index < -0.39 is 29.9 Å². The van der Waals surface area contributed by atoms with E-state index in [9.17, 15) is 33.6 Å². The number of carbonyl (C=O) groups is 7. The molecule has 3 amide bonds. The van der Waals surface area contributed by atoms with E-state index in [4.69, 9.17) is 23.7 Å². The van der Waals surface area contributed by atoms with Crippen LogP contribution in [0.25, 0.3) is 0 Å². The lowest BCUT2D eigenvalue weighted by atomic mass is 9.91. The van der Waals surface area contributed by atoms with Gasteiger partial charge in [-0.15, -0.1) is 0 Å². The first-order valence-corrected chi connectivity index (χ1v) is 22.5. The quantitative estimate of drug-likeness (QED) is 0.0611. The standard InChI is InChI=1S/C47H78N4O12/c1-31(2)40(52)18-22-59-26-27-61-24-20-42(54)50-39(45(56)49-38-15-13-37(14-16-38)30-63-47(58)34(7)8)17-12-35(9)43(46(57)48-36(10)44(55)33(5)6)51(11)21-25-62-29-28-60-23-19-41(53)32(3)4/h13-16,31-36,39,43H,12,17-30H2,1-11H3,(H,48,57)(H,49,56)(H,50,54)/t35?,36-,39-,43-/m0/s1. The smallest absolute Gasteiger partial charge is 0.308 e. The molecule has 0 radical (unpaired) electrons. The third kappa shape index (κ3) is 24.5. The third-order valence-corrected chi connectivity index (χ3v) is 10.4. The molecule has 16 nitrogen and oxygen atoms in total. The van der Waals surface area contributed by atoms with Gasteiger partial charge in [0, 0.05) is 49.2 Å². The molecule has 0 aliphatic rings. The maximum atomic E-state index is 13.9. The maximum absolute atomic E-state index is 13.9. The Morgan fingerprint density at radius 3 is 1.57 bits per heavy atom. The number of amides is 3. The molecule has 0 bridgehead atoms. The van der Waals surface area contributed by atoms with E-state index in [1.165, 1.54) is 0 Å². The number of benzene rings is 1. The van der Waals surface area contributed by atoms with E-state index in [0.29, 0.717) is 57.9 Å². The molecule has 0 saturated carbocycles. The van der Waals surface area contributed by atoms with Crippen LogP contribution < -0.4 is 16.0 Å². The van der Waals surface area contributed by atoms with E-state index in [1.807, 2.05) is 39.5 Å². The molecule has 0 spiro atoms. The van der Waals surface area contributed by atoms with Crippen LogP contribution in [0.1, 0.15) is 107 Å². The van der Waals surface area contributed by atoms with Gasteiger partial charge in [0.25, 0.3) is 0 Å². The van der Waals surface area contributed by atoms with Crippen LogP contribution in [-0.2, 0) is 63.9 Å². The van der Waals surface area contributed by atoms with Gasteiger partial charge in [0.2, 0.25) is 17.7 Å². The zero-order chi connectivity index (χ0) is 47.5. The molecular formula is C47H78N4O12. The van der Waals surface area contributed by atoms with Gasteiger partial charge < -0.3 is 39.6 Å². The number of likely N-dealkylation sites (N-methyl/N-ethyl adjacent to an activating group) is 1. The number of hydrogen-bond donors (Lipinski definition) is 3. The van der Waals surface area contributed by atoms with Crippen LogP contribution in [0.3, 0.4) is 0 Å². The van der Waals surface area contributed by atoms with Crippen molar-refractivity contribution in [3.8, 4) is 0 Å². The predicted molar refractivity (Wildman–Crippen MR) is 241 cm³/mol. The Labute approximate surface area is 376 Å². The Balaban J connectivity index is 3.06. The van der Waals surface area contributed by atoms with Crippen LogP contribution in [-0.4, -0.2) is 131 Å². The molecule has 0 saturated heterocycles. The van der Waals surface area contributed by atoms with E-state index in [2.05, 4.69) is 16.0 Å². The molecule has 1 unspecified atom stereocenters. The van der Waals surface area contributed by atoms with Crippen LogP contribution >= 0.6 is 0 Å². The fourth-order valence-electron chi connectivity index (χ4n) is 6.20. The van der Waals surface area contributed by atoms with Crippen LogP contribution in [0.2, 0.25) is 0 Å². The fourth-order valence-corrected chi connectivity index (χ4v) is 6.20. The molecule has 358 valence electrons. The summed E-state index contributed by atoms with van der Waals surface area (Å²) >= 11 is 0. The highest BCUT2D eigenvalue weighted by molar-refractivity contribution is 5.97. The van der Waals surface area contributed by atoms with Crippen LogP contribution in [0.4, 0.5) is 5.69 Å². The molecule has 3 N–H and O–H groups in total. The van der Waals surface area contributed by atoms with Crippen LogP contribution in [0.5, 0.6) is 0 Å². The zero-order valence-corrected chi connectivity index (χ0v) is 39.9. The molecule has 16 heteroatoms. The van der Waals surface area contributed by atoms with E-state index in [0.717, 1.165) is 5.56 Å². The molecule has 1 rings (SSSR count). The van der Waals surface area contributed by atoms with Crippen molar-refractivity contribution in [1.29, 1.82) is 0 Å². The highest BCUT2D eigenvalue weighted by Crippen LogP contribution is 2.20. The first-order valence-electron chi connectivity index (χ1n) is 22.5. The summed E-state index contributed by atoms with van der Waals surface area (Å²) < 4.78 is 27.7. The van der Waals surface area contributed by atoms with Gasteiger partial charge in [0.15, 0.2) is 5.78 Å². The van der Waals surface area contributed by atoms with Crippen molar-refractivity contribution in [3.05, 3.63) is 29.8 Å². The lowest BCUT2D eigenvalue weighted by Crippen LogP contribution is -2.53. The normalized spacial score (nSPS) is 13.5. The summed E-state index contributed by atoms with van der Waals surface area (Å²) in [4.78, 5) is 91.1. The first-order chi connectivity index (χ1) is 29.7. The maximum Gasteiger partial charge on any atom is 0.308 e. The molecule has 0 fully saturated rings. The third-order valence-electron chi connectivity index (χ3n) is 10.4. The van der Waals surface area contributed by atoms with Crippen molar-refractivity contribution < 1.29 is 57.2 Å². The number of ether oxygens (including phenoxy) is 5. The Morgan fingerprint density at radius 1 is 0.571 bits per heavy atom. The van der Waals surface area contributed by atoms with Crippen molar-refractivity contribution in [2.24, 2.45) is 29.6 Å². The topological polar surface area (TPSA) is 205 Å². The lowest BCUT2D eigenvalue weighted by molar-refractivity contribution is -0.148. The Kier molecular flexibility index (Phi) is 28.7. The summed E-state index contributed by atoms with van der Waals surface area (Å²) in [6.07, 6.45) is 1.17. The molecular weight excluding hydrogens is 813 g/mol. The van der Waals surface area contributed by atoms with Gasteiger partial charge in [-0.05, 0) is 50.4 Å². The lowest BCUT2D eigenvalue weighted by Gasteiger charge is -2.33. The van der Waals surface area contributed by atoms with E-state index in [-0.39, 0.29) is 105 Å². The number of carbonyl (C=O) groups excluding carboxylic acids is 7. The van der Waals surface area contributed by atoms with Gasteiger partial charge in [0.1, 0.15) is 24.2 Å². The van der Waals surface area contributed by atoms with Crippen molar-refractivity contribution in [2.75, 3.05) is 71.8 Å². The van der Waals surface area contributed by atoms with Crippen LogP contribution in [0.15, 0.2) is 24.3 Å². The number of rotatable bonds is 35. The monoisotopic (exact) mass is 891 g/mol. The Morgan fingerprint density at radius 2 is 1.08 bits per heavy atom. The number of hydrogen-bond acceptors (Lipinski definition) is 13. The summed E-state index contributed by atoms with van der Waals surface area (Å²) in [6.45, 7) is 20.6. The van der Waals surface area contributed by atoms with Gasteiger partial charge >= 0.3 is 5.97 Å². The van der Waals surface area contributed by atoms with Gasteiger partial charge in [-0.25, -0.2) is 0 Å². The molecule has 0 heterocycles. The Hall–Kier alpha value is -4.09. The van der Waals surface area contributed by atoms with Gasteiger partial charge in [-0.1, -0.05) is 74.4 Å². The van der Waals surface area contributed by atoms with Crippen molar-refractivity contribution >= 4 is 46.7 Å².